The van der Waals surface area contributed by atoms with Crippen molar-refractivity contribution in [3.8, 4) is 0 Å². The van der Waals surface area contributed by atoms with Gasteiger partial charge in [0.2, 0.25) is 0 Å². The highest BCUT2D eigenvalue weighted by Gasteiger charge is 2.23. The SMILES string of the molecule is CCCCCCCCOC(=O)/C(CCCCCC)=C(/CCCCCC)C(=O)OCCCCCCCC. The third-order valence-corrected chi connectivity index (χ3v) is 6.88. The van der Waals surface area contributed by atoms with Gasteiger partial charge in [0.25, 0.3) is 0 Å². The molecule has 0 fully saturated rings. The number of carbonyl (C=O) groups excluding carboxylic acids is 2. The van der Waals surface area contributed by atoms with E-state index in [1.165, 1.54) is 51.4 Å². The highest BCUT2D eigenvalue weighted by Crippen LogP contribution is 2.23. The normalized spacial score (nSPS) is 11.9. The van der Waals surface area contributed by atoms with Gasteiger partial charge in [0.15, 0.2) is 0 Å². The molecule has 0 amide bonds. The second-order valence-electron chi connectivity index (χ2n) is 10.4. The third kappa shape index (κ3) is 19.8. The lowest BCUT2D eigenvalue weighted by Crippen LogP contribution is -2.18. The minimum Gasteiger partial charge on any atom is -0.462 e. The molecule has 0 aliphatic rings. The van der Waals surface area contributed by atoms with Crippen LogP contribution in [0, 0.1) is 0 Å². The first-order chi connectivity index (χ1) is 17.6. The van der Waals surface area contributed by atoms with Gasteiger partial charge in [0.1, 0.15) is 0 Å². The first-order valence-corrected chi connectivity index (χ1v) is 15.7. The van der Waals surface area contributed by atoms with Crippen molar-refractivity contribution in [1.29, 1.82) is 0 Å². The van der Waals surface area contributed by atoms with Crippen LogP contribution >= 0.6 is 0 Å². The van der Waals surface area contributed by atoms with Gasteiger partial charge >= 0.3 is 11.9 Å². The Balaban J connectivity index is 5.16. The van der Waals surface area contributed by atoms with E-state index in [0.29, 0.717) is 37.2 Å². The Morgan fingerprint density at radius 3 is 1.00 bits per heavy atom. The lowest BCUT2D eigenvalue weighted by Gasteiger charge is -2.15. The van der Waals surface area contributed by atoms with Gasteiger partial charge in [-0.3, -0.25) is 0 Å². The van der Waals surface area contributed by atoms with Crippen molar-refractivity contribution < 1.29 is 19.1 Å². The van der Waals surface area contributed by atoms with E-state index in [9.17, 15) is 9.59 Å². The van der Waals surface area contributed by atoms with E-state index in [2.05, 4.69) is 27.7 Å². The van der Waals surface area contributed by atoms with Crippen LogP contribution in [0.4, 0.5) is 0 Å². The minimum absolute atomic E-state index is 0.290. The van der Waals surface area contributed by atoms with Crippen LogP contribution in [0.15, 0.2) is 11.1 Å². The van der Waals surface area contributed by atoms with Crippen molar-refractivity contribution in [1.82, 2.24) is 0 Å². The highest BCUT2D eigenvalue weighted by atomic mass is 16.5. The maximum atomic E-state index is 13.2. The molecule has 0 aromatic rings. The molecule has 4 heteroatoms. The van der Waals surface area contributed by atoms with Crippen molar-refractivity contribution in [3.63, 3.8) is 0 Å². The third-order valence-electron chi connectivity index (χ3n) is 6.88. The smallest absolute Gasteiger partial charge is 0.334 e. The Kier molecular flexibility index (Phi) is 25.8. The van der Waals surface area contributed by atoms with Crippen LogP contribution in [0.2, 0.25) is 0 Å². The molecule has 0 atom stereocenters. The van der Waals surface area contributed by atoms with Crippen molar-refractivity contribution in [3.05, 3.63) is 11.1 Å². The summed E-state index contributed by atoms with van der Waals surface area (Å²) in [6, 6.07) is 0. The number of unbranched alkanes of at least 4 members (excludes halogenated alkanes) is 16. The van der Waals surface area contributed by atoms with E-state index >= 15 is 0 Å². The second kappa shape index (κ2) is 26.7. The van der Waals surface area contributed by atoms with Gasteiger partial charge < -0.3 is 9.47 Å². The molecule has 0 aliphatic heterocycles. The Bertz CT molecular complexity index is 504. The highest BCUT2D eigenvalue weighted by molar-refractivity contribution is 6.00. The molecule has 212 valence electrons. The fourth-order valence-corrected chi connectivity index (χ4v) is 4.48. The molecule has 0 aliphatic carbocycles. The average Bonchev–Trinajstić information content (AvgIpc) is 2.88. The monoisotopic (exact) mass is 508 g/mol. The van der Waals surface area contributed by atoms with Gasteiger partial charge in [-0.05, 0) is 38.5 Å². The van der Waals surface area contributed by atoms with Crippen molar-refractivity contribution in [2.24, 2.45) is 0 Å². The van der Waals surface area contributed by atoms with Crippen LogP contribution in [0.1, 0.15) is 169 Å². The van der Waals surface area contributed by atoms with Gasteiger partial charge in [-0.2, -0.15) is 0 Å². The standard InChI is InChI=1S/C32H60O4/c1-5-9-13-17-19-23-27-35-31(33)29(25-21-15-11-7-3)30(26-22-16-12-8-4)32(34)36-28-24-20-18-14-10-6-2/h5-28H2,1-4H3/b30-29-. The van der Waals surface area contributed by atoms with Crippen LogP contribution in [0.25, 0.3) is 0 Å². The van der Waals surface area contributed by atoms with E-state index < -0.39 is 0 Å². The zero-order chi connectivity index (χ0) is 26.7. The van der Waals surface area contributed by atoms with E-state index in [1.807, 2.05) is 0 Å². The number of hydrogen-bond acceptors (Lipinski definition) is 4. The molecule has 0 saturated carbocycles. The molecule has 36 heavy (non-hydrogen) atoms. The molecule has 4 nitrogen and oxygen atoms in total. The molecule has 0 unspecified atom stereocenters. The van der Waals surface area contributed by atoms with Gasteiger partial charge in [0, 0.05) is 11.1 Å². The van der Waals surface area contributed by atoms with E-state index in [-0.39, 0.29) is 11.9 Å². The van der Waals surface area contributed by atoms with Gasteiger partial charge in [-0.1, -0.05) is 130 Å². The fraction of sp³-hybridized carbons (Fsp3) is 0.875. The summed E-state index contributed by atoms with van der Waals surface area (Å²) in [5.74, 6) is -0.580. The lowest BCUT2D eigenvalue weighted by atomic mass is 9.96. The average molecular weight is 509 g/mol. The van der Waals surface area contributed by atoms with Gasteiger partial charge in [-0.15, -0.1) is 0 Å². The Morgan fingerprint density at radius 2 is 0.667 bits per heavy atom. The summed E-state index contributed by atoms with van der Waals surface area (Å²) < 4.78 is 11.4. The number of carbonyl (C=O) groups is 2. The Morgan fingerprint density at radius 1 is 0.389 bits per heavy atom. The van der Waals surface area contributed by atoms with Gasteiger partial charge in [0.05, 0.1) is 13.2 Å². The topological polar surface area (TPSA) is 52.6 Å². The van der Waals surface area contributed by atoms with E-state index in [1.54, 1.807) is 0 Å². The molecule has 0 heterocycles. The summed E-state index contributed by atoms with van der Waals surface area (Å²) in [5, 5.41) is 0. The van der Waals surface area contributed by atoms with Crippen LogP contribution in [0.3, 0.4) is 0 Å². The number of esters is 2. The summed E-state index contributed by atoms with van der Waals surface area (Å²) in [4.78, 5) is 26.3. The summed E-state index contributed by atoms with van der Waals surface area (Å²) in [6.45, 7) is 9.69. The largest absolute Gasteiger partial charge is 0.462 e. The summed E-state index contributed by atoms with van der Waals surface area (Å²) in [6.07, 6.45) is 23.6. The number of hydrogen-bond donors (Lipinski definition) is 0. The van der Waals surface area contributed by atoms with Crippen molar-refractivity contribution in [2.45, 2.75) is 169 Å². The zero-order valence-corrected chi connectivity index (χ0v) is 24.6. The molecule has 0 bridgehead atoms. The van der Waals surface area contributed by atoms with E-state index in [4.69, 9.17) is 9.47 Å². The van der Waals surface area contributed by atoms with Gasteiger partial charge in [-0.25, -0.2) is 9.59 Å². The molecule has 0 aromatic carbocycles. The lowest BCUT2D eigenvalue weighted by molar-refractivity contribution is -0.142. The molecule has 0 rings (SSSR count). The van der Waals surface area contributed by atoms with Crippen molar-refractivity contribution in [2.75, 3.05) is 13.2 Å². The molecular weight excluding hydrogens is 448 g/mol. The number of rotatable bonds is 26. The fourth-order valence-electron chi connectivity index (χ4n) is 4.48. The van der Waals surface area contributed by atoms with Crippen LogP contribution in [-0.2, 0) is 19.1 Å². The minimum atomic E-state index is -0.290. The van der Waals surface area contributed by atoms with Crippen molar-refractivity contribution >= 4 is 11.9 Å². The molecular formula is C32H60O4. The predicted molar refractivity (Wildman–Crippen MR) is 153 cm³/mol. The first-order valence-electron chi connectivity index (χ1n) is 15.7. The quantitative estimate of drug-likeness (QED) is 0.0662. The second-order valence-corrected chi connectivity index (χ2v) is 10.4. The molecule has 0 aromatic heterocycles. The maximum absolute atomic E-state index is 13.2. The molecule has 0 radical (unpaired) electrons. The predicted octanol–water partition coefficient (Wildman–Crippen LogP) is 10.0. The Labute approximate surface area is 224 Å². The summed E-state index contributed by atoms with van der Waals surface area (Å²) in [7, 11) is 0. The maximum Gasteiger partial charge on any atom is 0.334 e. The summed E-state index contributed by atoms with van der Waals surface area (Å²) in [5.41, 5.74) is 1.17. The molecule has 0 N–H and O–H groups in total. The summed E-state index contributed by atoms with van der Waals surface area (Å²) >= 11 is 0. The van der Waals surface area contributed by atoms with Crippen LogP contribution < -0.4 is 0 Å². The zero-order valence-electron chi connectivity index (χ0n) is 24.6. The number of ether oxygens (including phenoxy) is 2. The van der Waals surface area contributed by atoms with Crippen LogP contribution in [-0.4, -0.2) is 25.2 Å². The Hall–Kier alpha value is -1.32. The molecule has 0 spiro atoms. The van der Waals surface area contributed by atoms with E-state index in [0.717, 1.165) is 77.0 Å². The molecule has 0 saturated heterocycles. The van der Waals surface area contributed by atoms with Crippen LogP contribution in [0.5, 0.6) is 0 Å². The first kappa shape index (κ1) is 34.7.